The summed E-state index contributed by atoms with van der Waals surface area (Å²) in [5, 5.41) is 0. The Bertz CT molecular complexity index is 1020. The van der Waals surface area contributed by atoms with Gasteiger partial charge in [-0.25, -0.2) is 0 Å². The van der Waals surface area contributed by atoms with Crippen molar-refractivity contribution in [3.05, 3.63) is 23.8 Å². The highest BCUT2D eigenvalue weighted by Crippen LogP contribution is 2.34. The van der Waals surface area contributed by atoms with Crippen molar-refractivity contribution in [2.45, 2.75) is 58.4 Å². The molecular formula is C22H26O12. The van der Waals surface area contributed by atoms with E-state index in [1.165, 1.54) is 12.1 Å². The predicted octanol–water partition coefficient (Wildman–Crippen LogP) is 0.970. The van der Waals surface area contributed by atoms with Crippen molar-refractivity contribution in [3.63, 3.8) is 0 Å². The number of carbonyl (C=O) groups excluding carboxylic acids is 5. The molecule has 0 unspecified atom stereocenters. The molecule has 34 heavy (non-hydrogen) atoms. The molecule has 1 heterocycles. The normalized spacial score (nSPS) is 25.4. The number of rotatable bonds is 9. The van der Waals surface area contributed by atoms with Gasteiger partial charge in [-0.05, 0) is 18.2 Å². The summed E-state index contributed by atoms with van der Waals surface area (Å²) >= 11 is 0. The van der Waals surface area contributed by atoms with Crippen molar-refractivity contribution < 1.29 is 61.2 Å². The first-order valence-corrected chi connectivity index (χ1v) is 9.95. The minimum atomic E-state index is -2.93. The molecule has 1 fully saturated rings. The van der Waals surface area contributed by atoms with Crippen molar-refractivity contribution in [1.29, 1.82) is 0 Å². The molecule has 1 aromatic carbocycles. The van der Waals surface area contributed by atoms with E-state index in [-0.39, 0.29) is 17.1 Å². The summed E-state index contributed by atoms with van der Waals surface area (Å²) in [5.74, 6) is -3.83. The van der Waals surface area contributed by atoms with Gasteiger partial charge in [0.25, 0.3) is 0 Å². The fraction of sp³-hybridized carbons (Fsp3) is 0.500. The molecule has 1 aliphatic heterocycles. The van der Waals surface area contributed by atoms with Crippen molar-refractivity contribution in [1.82, 2.24) is 0 Å². The molecule has 2 rings (SSSR count). The first kappa shape index (κ1) is 22.1. The zero-order valence-electron chi connectivity index (χ0n) is 21.8. The molecule has 1 saturated heterocycles. The minimum absolute atomic E-state index is 0.0631. The summed E-state index contributed by atoms with van der Waals surface area (Å²) < 4.78 is 59.5. The van der Waals surface area contributed by atoms with E-state index in [2.05, 4.69) is 0 Å². The van der Waals surface area contributed by atoms with Gasteiger partial charge in [0.05, 0.1) is 11.2 Å². The van der Waals surface area contributed by atoms with Crippen LogP contribution in [0.3, 0.4) is 0 Å². The smallest absolute Gasteiger partial charge is 0.303 e. The third kappa shape index (κ3) is 7.17. The van der Waals surface area contributed by atoms with Crippen LogP contribution in [0.5, 0.6) is 11.5 Å². The van der Waals surface area contributed by atoms with Crippen LogP contribution < -0.4 is 9.47 Å². The molecule has 186 valence electrons. The van der Waals surface area contributed by atoms with Gasteiger partial charge >= 0.3 is 23.9 Å². The highest BCUT2D eigenvalue weighted by Gasteiger charge is 2.53. The molecule has 0 aromatic heterocycles. The third-order valence-electron chi connectivity index (χ3n) is 4.41. The Labute approximate surface area is 199 Å². The first-order valence-electron chi connectivity index (χ1n) is 11.5. The maximum Gasteiger partial charge on any atom is 0.303 e. The summed E-state index contributed by atoms with van der Waals surface area (Å²) in [5.41, 5.74) is 0.0631. The summed E-state index contributed by atoms with van der Waals surface area (Å²) in [4.78, 5) is 58.2. The van der Waals surface area contributed by atoms with E-state index in [0.717, 1.165) is 33.8 Å². The van der Waals surface area contributed by atoms with Crippen molar-refractivity contribution in [2.75, 3.05) is 13.6 Å². The predicted molar refractivity (Wildman–Crippen MR) is 111 cm³/mol. The number of aldehydes is 1. The lowest BCUT2D eigenvalue weighted by Crippen LogP contribution is -2.63. The Balaban J connectivity index is 2.57. The molecule has 1 aliphatic rings. The van der Waals surface area contributed by atoms with Gasteiger partial charge in [0, 0.05) is 33.3 Å². The summed E-state index contributed by atoms with van der Waals surface area (Å²) in [6.45, 7) is 3.82. The number of ether oxygens (including phenoxy) is 7. The second kappa shape index (κ2) is 12.0. The van der Waals surface area contributed by atoms with Crippen LogP contribution in [0.4, 0.5) is 0 Å². The van der Waals surface area contributed by atoms with E-state index < -0.39 is 68.2 Å². The SMILES string of the molecule is [2H]C([2H])([2H])Oc1cc(C=O)ccc1O[C@@H]1O[C@H](COC(C)=O)[C@@H](OC(C)=O)[C@H](OC(C)=O)[C@H]1OC(C)=O. The quantitative estimate of drug-likeness (QED) is 0.278. The summed E-state index contributed by atoms with van der Waals surface area (Å²) in [7, 11) is -2.93. The van der Waals surface area contributed by atoms with Crippen LogP contribution in [0.1, 0.15) is 42.2 Å². The number of benzene rings is 1. The van der Waals surface area contributed by atoms with Crippen LogP contribution in [0.25, 0.3) is 0 Å². The molecule has 12 nitrogen and oxygen atoms in total. The lowest BCUT2D eigenvalue weighted by Gasteiger charge is -2.44. The Kier molecular flexibility index (Phi) is 7.80. The van der Waals surface area contributed by atoms with E-state index in [1.807, 2.05) is 0 Å². The molecule has 0 N–H and O–H groups in total. The molecule has 0 radical (unpaired) electrons. The van der Waals surface area contributed by atoms with E-state index in [4.69, 9.17) is 37.3 Å². The molecule has 0 bridgehead atoms. The molecule has 5 atom stereocenters. The molecule has 1 aromatic rings. The zero-order valence-corrected chi connectivity index (χ0v) is 18.8. The van der Waals surface area contributed by atoms with Gasteiger partial charge in [-0.1, -0.05) is 0 Å². The fourth-order valence-corrected chi connectivity index (χ4v) is 3.18. The number of esters is 4. The van der Waals surface area contributed by atoms with E-state index in [9.17, 15) is 24.0 Å². The average Bonchev–Trinajstić information content (AvgIpc) is 2.75. The highest BCUT2D eigenvalue weighted by atomic mass is 16.7. The molecule has 0 saturated carbocycles. The van der Waals surface area contributed by atoms with Crippen LogP contribution >= 0.6 is 0 Å². The Hall–Kier alpha value is -3.67. The zero-order chi connectivity index (χ0) is 27.9. The van der Waals surface area contributed by atoms with E-state index in [1.54, 1.807) is 0 Å². The lowest BCUT2D eigenvalue weighted by atomic mass is 9.98. The van der Waals surface area contributed by atoms with Crippen LogP contribution in [0, 0.1) is 0 Å². The van der Waals surface area contributed by atoms with Gasteiger partial charge in [-0.3, -0.25) is 24.0 Å². The van der Waals surface area contributed by atoms with Gasteiger partial charge < -0.3 is 33.2 Å². The highest BCUT2D eigenvalue weighted by molar-refractivity contribution is 5.76. The number of hydrogen-bond donors (Lipinski definition) is 0. The van der Waals surface area contributed by atoms with E-state index >= 15 is 0 Å². The number of methoxy groups -OCH3 is 1. The summed E-state index contributed by atoms with van der Waals surface area (Å²) in [6.07, 6.45) is -6.90. The summed E-state index contributed by atoms with van der Waals surface area (Å²) in [6, 6.07) is 3.60. The molecule has 0 amide bonds. The molecule has 0 spiro atoms. The second-order valence-electron chi connectivity index (χ2n) is 7.11. The minimum Gasteiger partial charge on any atom is -0.493 e. The lowest BCUT2D eigenvalue weighted by molar-refractivity contribution is -0.288. The van der Waals surface area contributed by atoms with Gasteiger partial charge in [0.1, 0.15) is 19.0 Å². The van der Waals surface area contributed by atoms with Gasteiger partial charge in [-0.15, -0.1) is 0 Å². The Morgan fingerprint density at radius 1 is 0.912 bits per heavy atom. The van der Waals surface area contributed by atoms with Crippen LogP contribution in [0.15, 0.2) is 18.2 Å². The van der Waals surface area contributed by atoms with Crippen molar-refractivity contribution in [2.24, 2.45) is 0 Å². The van der Waals surface area contributed by atoms with Crippen LogP contribution in [0.2, 0.25) is 0 Å². The van der Waals surface area contributed by atoms with Crippen molar-refractivity contribution >= 4 is 30.2 Å². The maximum atomic E-state index is 11.9. The molecule has 12 heteroatoms. The van der Waals surface area contributed by atoms with Crippen LogP contribution in [-0.2, 0) is 42.9 Å². The second-order valence-corrected chi connectivity index (χ2v) is 7.11. The van der Waals surface area contributed by atoms with Gasteiger partial charge in [-0.2, -0.15) is 0 Å². The van der Waals surface area contributed by atoms with Crippen molar-refractivity contribution in [3.8, 4) is 11.5 Å². The third-order valence-corrected chi connectivity index (χ3v) is 4.41. The van der Waals surface area contributed by atoms with Crippen LogP contribution in [-0.4, -0.2) is 74.5 Å². The van der Waals surface area contributed by atoms with Gasteiger partial charge in [0.2, 0.25) is 12.4 Å². The Morgan fingerprint density at radius 3 is 2.09 bits per heavy atom. The first-order chi connectivity index (χ1) is 17.2. The molecular weight excluding hydrogens is 456 g/mol. The monoisotopic (exact) mass is 485 g/mol. The standard InChI is InChI=1S/C22H26O12/c1-11(24)29-10-18-19(30-12(2)25)20(31-13(3)26)21(32-14(4)27)22(34-18)33-16-7-6-15(9-23)8-17(16)28-5/h6-9,18-22H,10H2,1-5H3/t18-,19-,20+,21-,22-/m1/s1/i5D3. The average molecular weight is 485 g/mol. The maximum absolute atomic E-state index is 11.9. The number of hydrogen-bond acceptors (Lipinski definition) is 12. The Morgan fingerprint density at radius 2 is 1.53 bits per heavy atom. The molecule has 0 aliphatic carbocycles. The fourth-order valence-electron chi connectivity index (χ4n) is 3.18. The van der Waals surface area contributed by atoms with E-state index in [0.29, 0.717) is 6.29 Å². The topological polar surface area (TPSA) is 150 Å². The number of carbonyl (C=O) groups is 5. The van der Waals surface area contributed by atoms with Gasteiger partial charge in [0.15, 0.2) is 23.7 Å². The largest absolute Gasteiger partial charge is 0.493 e.